The highest BCUT2D eigenvalue weighted by Crippen LogP contribution is 2.24. The molecule has 0 spiro atoms. The number of ether oxygens (including phenoxy) is 2. The molecule has 3 heteroatoms. The molecule has 2 aromatic rings. The number of unbranched alkanes of at least 4 members (excludes halogenated alkanes) is 4. The largest absolute Gasteiger partial charge is 0.494 e. The molecule has 1 heterocycles. The van der Waals surface area contributed by atoms with Gasteiger partial charge in [-0.05, 0) is 82.1 Å². The fourth-order valence-electron chi connectivity index (χ4n) is 3.95. The molecule has 1 unspecified atom stereocenters. The Bertz CT molecular complexity index is 665. The topological polar surface area (TPSA) is 21.7 Å². The van der Waals surface area contributed by atoms with Crippen molar-refractivity contribution >= 4 is 0 Å². The summed E-state index contributed by atoms with van der Waals surface area (Å²) >= 11 is 0. The zero-order valence-electron chi connectivity index (χ0n) is 18.0. The Labute approximate surface area is 177 Å². The van der Waals surface area contributed by atoms with Crippen LogP contribution in [0.5, 0.6) is 11.5 Å². The highest BCUT2D eigenvalue weighted by Gasteiger charge is 2.09. The molecule has 2 aromatic carbocycles. The van der Waals surface area contributed by atoms with Crippen LogP contribution in [0.2, 0.25) is 0 Å². The molecule has 1 fully saturated rings. The summed E-state index contributed by atoms with van der Waals surface area (Å²) in [6, 6.07) is 18.3. The van der Waals surface area contributed by atoms with Crippen LogP contribution in [0.15, 0.2) is 54.6 Å². The molecule has 0 bridgehead atoms. The Morgan fingerprint density at radius 3 is 2.17 bits per heavy atom. The van der Waals surface area contributed by atoms with Gasteiger partial charge in [0.15, 0.2) is 0 Å². The molecule has 3 nitrogen and oxygen atoms in total. The maximum Gasteiger partial charge on any atom is 0.121 e. The number of likely N-dealkylation sites (tertiary alicyclic amines) is 1. The Morgan fingerprint density at radius 1 is 0.759 bits per heavy atom. The minimum atomic E-state index is 0.0397. The van der Waals surface area contributed by atoms with E-state index in [-0.39, 0.29) is 6.10 Å². The SMILES string of the molecule is CC(Oc1ccc(OCCCCCCCN2CCCCC2)cc1)c1ccccc1. The van der Waals surface area contributed by atoms with Crippen LogP contribution in [-0.4, -0.2) is 31.1 Å². The van der Waals surface area contributed by atoms with Crippen LogP contribution in [-0.2, 0) is 0 Å². The number of rotatable bonds is 12. The Balaban J connectivity index is 1.24. The summed E-state index contributed by atoms with van der Waals surface area (Å²) in [4.78, 5) is 2.64. The number of hydrogen-bond donors (Lipinski definition) is 0. The number of piperidine rings is 1. The lowest BCUT2D eigenvalue weighted by Crippen LogP contribution is -2.30. The fourth-order valence-corrected chi connectivity index (χ4v) is 3.95. The number of benzene rings is 2. The molecular weight excluding hydrogens is 358 g/mol. The molecule has 1 atom stereocenters. The average molecular weight is 396 g/mol. The third-order valence-electron chi connectivity index (χ3n) is 5.74. The van der Waals surface area contributed by atoms with Crippen molar-refractivity contribution in [1.82, 2.24) is 4.90 Å². The third-order valence-corrected chi connectivity index (χ3v) is 5.74. The van der Waals surface area contributed by atoms with Crippen LogP contribution in [0.4, 0.5) is 0 Å². The van der Waals surface area contributed by atoms with Gasteiger partial charge in [-0.15, -0.1) is 0 Å². The predicted molar refractivity (Wildman–Crippen MR) is 121 cm³/mol. The molecule has 0 aliphatic carbocycles. The van der Waals surface area contributed by atoms with Gasteiger partial charge in [0.05, 0.1) is 6.61 Å². The molecule has 1 aliphatic rings. The van der Waals surface area contributed by atoms with E-state index in [1.165, 1.54) is 70.1 Å². The maximum atomic E-state index is 6.02. The van der Waals surface area contributed by atoms with E-state index >= 15 is 0 Å². The highest BCUT2D eigenvalue weighted by atomic mass is 16.5. The molecule has 158 valence electrons. The molecule has 29 heavy (non-hydrogen) atoms. The summed E-state index contributed by atoms with van der Waals surface area (Å²) in [6.45, 7) is 6.82. The van der Waals surface area contributed by atoms with Gasteiger partial charge in [-0.3, -0.25) is 0 Å². The second-order valence-corrected chi connectivity index (χ2v) is 8.16. The van der Waals surface area contributed by atoms with Crippen LogP contribution >= 0.6 is 0 Å². The normalized spacial score (nSPS) is 15.8. The first-order valence-electron chi connectivity index (χ1n) is 11.5. The lowest BCUT2D eigenvalue weighted by atomic mass is 10.1. The van der Waals surface area contributed by atoms with Crippen molar-refractivity contribution in [2.75, 3.05) is 26.2 Å². The Hall–Kier alpha value is -2.00. The molecular formula is C26H37NO2. The van der Waals surface area contributed by atoms with Crippen LogP contribution in [0, 0.1) is 0 Å². The summed E-state index contributed by atoms with van der Waals surface area (Å²) in [5.41, 5.74) is 1.18. The van der Waals surface area contributed by atoms with Crippen LogP contribution in [0.3, 0.4) is 0 Å². The molecule has 1 saturated heterocycles. The van der Waals surface area contributed by atoms with Crippen molar-refractivity contribution < 1.29 is 9.47 Å². The van der Waals surface area contributed by atoms with Gasteiger partial charge in [-0.25, -0.2) is 0 Å². The third kappa shape index (κ3) is 8.10. The van der Waals surface area contributed by atoms with Crippen molar-refractivity contribution in [1.29, 1.82) is 0 Å². The van der Waals surface area contributed by atoms with E-state index in [2.05, 4.69) is 24.0 Å². The van der Waals surface area contributed by atoms with Gasteiger partial charge in [-0.1, -0.05) is 56.0 Å². The monoisotopic (exact) mass is 395 g/mol. The van der Waals surface area contributed by atoms with E-state index in [4.69, 9.17) is 9.47 Å². The first kappa shape index (κ1) is 21.7. The van der Waals surface area contributed by atoms with Crippen molar-refractivity contribution in [3.8, 4) is 11.5 Å². The number of nitrogens with zero attached hydrogens (tertiary/aromatic N) is 1. The summed E-state index contributed by atoms with van der Waals surface area (Å²) in [6.07, 6.45) is 10.7. The van der Waals surface area contributed by atoms with Crippen molar-refractivity contribution in [3.63, 3.8) is 0 Å². The minimum Gasteiger partial charge on any atom is -0.494 e. The first-order chi connectivity index (χ1) is 14.3. The molecule has 0 aromatic heterocycles. The van der Waals surface area contributed by atoms with Crippen LogP contribution in [0.25, 0.3) is 0 Å². The molecule has 0 saturated carbocycles. The van der Waals surface area contributed by atoms with E-state index < -0.39 is 0 Å². The fraction of sp³-hybridized carbons (Fsp3) is 0.538. The quantitative estimate of drug-likeness (QED) is 0.376. The van der Waals surface area contributed by atoms with Gasteiger partial charge < -0.3 is 14.4 Å². The maximum absolute atomic E-state index is 6.02. The highest BCUT2D eigenvalue weighted by molar-refractivity contribution is 5.32. The van der Waals surface area contributed by atoms with Gasteiger partial charge in [0.25, 0.3) is 0 Å². The zero-order chi connectivity index (χ0) is 20.2. The van der Waals surface area contributed by atoms with E-state index in [1.54, 1.807) is 0 Å². The Kier molecular flexibility index (Phi) is 9.38. The van der Waals surface area contributed by atoms with Crippen LogP contribution in [0.1, 0.15) is 70.0 Å². The smallest absolute Gasteiger partial charge is 0.121 e. The summed E-state index contributed by atoms with van der Waals surface area (Å²) in [7, 11) is 0. The lowest BCUT2D eigenvalue weighted by Gasteiger charge is -2.26. The molecule has 0 radical (unpaired) electrons. The molecule has 1 aliphatic heterocycles. The first-order valence-corrected chi connectivity index (χ1v) is 11.5. The van der Waals surface area contributed by atoms with Crippen molar-refractivity contribution in [2.24, 2.45) is 0 Å². The molecule has 0 amide bonds. The summed E-state index contributed by atoms with van der Waals surface area (Å²) < 4.78 is 11.9. The van der Waals surface area contributed by atoms with Crippen molar-refractivity contribution in [3.05, 3.63) is 60.2 Å². The molecule has 0 N–H and O–H groups in total. The van der Waals surface area contributed by atoms with Gasteiger partial charge in [0, 0.05) is 0 Å². The van der Waals surface area contributed by atoms with E-state index in [1.807, 2.05) is 42.5 Å². The van der Waals surface area contributed by atoms with E-state index in [0.29, 0.717) is 0 Å². The zero-order valence-corrected chi connectivity index (χ0v) is 18.0. The summed E-state index contributed by atoms with van der Waals surface area (Å²) in [5.74, 6) is 1.80. The second kappa shape index (κ2) is 12.5. The van der Waals surface area contributed by atoms with Gasteiger partial charge >= 0.3 is 0 Å². The van der Waals surface area contributed by atoms with Gasteiger partial charge in [0.2, 0.25) is 0 Å². The molecule has 3 rings (SSSR count). The Morgan fingerprint density at radius 2 is 1.41 bits per heavy atom. The minimum absolute atomic E-state index is 0.0397. The van der Waals surface area contributed by atoms with Crippen LogP contribution < -0.4 is 9.47 Å². The lowest BCUT2D eigenvalue weighted by molar-refractivity contribution is 0.223. The average Bonchev–Trinajstić information content (AvgIpc) is 2.78. The van der Waals surface area contributed by atoms with Gasteiger partial charge in [-0.2, -0.15) is 0 Å². The number of hydrogen-bond acceptors (Lipinski definition) is 3. The van der Waals surface area contributed by atoms with E-state index in [0.717, 1.165) is 24.5 Å². The predicted octanol–water partition coefficient (Wildman–Crippen LogP) is 6.64. The van der Waals surface area contributed by atoms with Gasteiger partial charge in [0.1, 0.15) is 17.6 Å². The van der Waals surface area contributed by atoms with Crippen molar-refractivity contribution in [2.45, 2.75) is 64.4 Å². The summed E-state index contributed by atoms with van der Waals surface area (Å²) in [5, 5.41) is 0. The standard InChI is InChI=1S/C26H37NO2/c1-23(24-13-7-5-8-14-24)29-26-17-15-25(16-18-26)28-22-12-4-2-3-9-19-27-20-10-6-11-21-27/h5,7-8,13-18,23H,2-4,6,9-12,19-22H2,1H3. The van der Waals surface area contributed by atoms with E-state index in [9.17, 15) is 0 Å². The second-order valence-electron chi connectivity index (χ2n) is 8.16.